The van der Waals surface area contributed by atoms with E-state index < -0.39 is 24.3 Å². The minimum absolute atomic E-state index is 0.136. The Morgan fingerprint density at radius 1 is 1.23 bits per heavy atom. The molecule has 0 radical (unpaired) electrons. The third-order valence-corrected chi connectivity index (χ3v) is 5.66. The largest absolute Gasteiger partial charge is 0.586 e. The van der Waals surface area contributed by atoms with Crippen LogP contribution in [0.2, 0.25) is 0 Å². The van der Waals surface area contributed by atoms with Crippen LogP contribution in [0.1, 0.15) is 18.1 Å². The molecule has 3 aromatic rings. The molecule has 0 saturated heterocycles. The van der Waals surface area contributed by atoms with E-state index in [0.29, 0.717) is 46.8 Å². The number of nitriles is 1. The van der Waals surface area contributed by atoms with E-state index in [2.05, 4.69) is 20.6 Å². The van der Waals surface area contributed by atoms with Gasteiger partial charge in [-0.2, -0.15) is 10.4 Å². The van der Waals surface area contributed by atoms with Gasteiger partial charge in [0.2, 0.25) is 5.91 Å². The summed E-state index contributed by atoms with van der Waals surface area (Å²) in [4.78, 5) is 27.6. The van der Waals surface area contributed by atoms with Crippen molar-refractivity contribution in [1.29, 1.82) is 5.26 Å². The second-order valence-electron chi connectivity index (χ2n) is 7.85. The van der Waals surface area contributed by atoms with Crippen molar-refractivity contribution in [1.82, 2.24) is 9.78 Å². The smallest absolute Gasteiger partial charge is 0.490 e. The maximum atomic E-state index is 13.4. The Morgan fingerprint density at radius 3 is 2.80 bits per heavy atom. The SMILES string of the molecule is CCN(C(=O)Cn1nc(-c2cccc(C#N)c2)c2c(c1=O)CCO2)c1ccc2c(c1)OC(F)(F)O2. The molecule has 9 nitrogen and oxygen atoms in total. The summed E-state index contributed by atoms with van der Waals surface area (Å²) < 4.78 is 42.4. The summed E-state index contributed by atoms with van der Waals surface area (Å²) in [5.74, 6) is -0.465. The maximum absolute atomic E-state index is 13.4. The van der Waals surface area contributed by atoms with Gasteiger partial charge in [0.25, 0.3) is 5.56 Å². The van der Waals surface area contributed by atoms with Gasteiger partial charge in [0.05, 0.1) is 23.8 Å². The molecule has 3 heterocycles. The van der Waals surface area contributed by atoms with Crippen LogP contribution in [0.5, 0.6) is 17.2 Å². The van der Waals surface area contributed by atoms with Gasteiger partial charge in [-0.25, -0.2) is 4.68 Å². The van der Waals surface area contributed by atoms with Crippen molar-refractivity contribution in [3.05, 3.63) is 63.9 Å². The first-order chi connectivity index (χ1) is 16.8. The number of halogens is 2. The molecule has 11 heteroatoms. The van der Waals surface area contributed by atoms with Crippen molar-refractivity contribution >= 4 is 11.6 Å². The fraction of sp³-hybridized carbons (Fsp3) is 0.250. The molecule has 0 saturated carbocycles. The van der Waals surface area contributed by atoms with Crippen LogP contribution >= 0.6 is 0 Å². The van der Waals surface area contributed by atoms with Crippen LogP contribution in [-0.2, 0) is 17.8 Å². The number of carbonyl (C=O) groups is 1. The van der Waals surface area contributed by atoms with Gasteiger partial charge in [-0.05, 0) is 31.2 Å². The second kappa shape index (κ2) is 8.39. The molecule has 2 aliphatic heterocycles. The van der Waals surface area contributed by atoms with Crippen LogP contribution < -0.4 is 24.7 Å². The molecule has 35 heavy (non-hydrogen) atoms. The van der Waals surface area contributed by atoms with Gasteiger partial charge >= 0.3 is 6.29 Å². The highest BCUT2D eigenvalue weighted by atomic mass is 19.3. The fourth-order valence-electron chi connectivity index (χ4n) is 4.09. The lowest BCUT2D eigenvalue weighted by Crippen LogP contribution is -2.38. The van der Waals surface area contributed by atoms with Gasteiger partial charge in [0.1, 0.15) is 12.2 Å². The van der Waals surface area contributed by atoms with E-state index in [0.717, 1.165) is 4.68 Å². The maximum Gasteiger partial charge on any atom is 0.586 e. The number of rotatable bonds is 5. The quantitative estimate of drug-likeness (QED) is 0.552. The highest BCUT2D eigenvalue weighted by molar-refractivity contribution is 5.93. The molecule has 0 spiro atoms. The Hall–Kier alpha value is -4.46. The van der Waals surface area contributed by atoms with Gasteiger partial charge < -0.3 is 19.1 Å². The Balaban J connectivity index is 1.49. The number of hydrogen-bond donors (Lipinski definition) is 0. The lowest BCUT2D eigenvalue weighted by Gasteiger charge is -2.22. The number of aromatic nitrogens is 2. The molecule has 0 fully saturated rings. The lowest BCUT2D eigenvalue weighted by atomic mass is 10.1. The molecule has 1 aromatic heterocycles. The molecular weight excluding hydrogens is 462 g/mol. The van der Waals surface area contributed by atoms with Crippen LogP contribution in [-0.4, -0.2) is 35.1 Å². The molecule has 0 bridgehead atoms. The van der Waals surface area contributed by atoms with E-state index in [1.54, 1.807) is 31.2 Å². The minimum atomic E-state index is -3.77. The standard InChI is InChI=1S/C24H18F2N4O5/c1-2-29(16-6-7-18-19(11-16)35-24(25,26)34-18)20(31)13-30-23(32)17-8-9-33-22(17)21(28-30)15-5-3-4-14(10-15)12-27/h3-7,10-11H,2,8-9,13H2,1H3. The van der Waals surface area contributed by atoms with Gasteiger partial charge in [-0.3, -0.25) is 9.59 Å². The molecule has 0 aliphatic carbocycles. The zero-order valence-electron chi connectivity index (χ0n) is 18.5. The number of amides is 1. The first kappa shape index (κ1) is 22.3. The monoisotopic (exact) mass is 480 g/mol. The van der Waals surface area contributed by atoms with E-state index >= 15 is 0 Å². The van der Waals surface area contributed by atoms with Gasteiger partial charge in [0, 0.05) is 30.3 Å². The minimum Gasteiger partial charge on any atom is -0.490 e. The number of alkyl halides is 2. The average molecular weight is 480 g/mol. The number of anilines is 1. The summed E-state index contributed by atoms with van der Waals surface area (Å²) in [7, 11) is 0. The van der Waals surface area contributed by atoms with Crippen molar-refractivity contribution in [3.63, 3.8) is 0 Å². The van der Waals surface area contributed by atoms with E-state index in [1.165, 1.54) is 23.1 Å². The summed E-state index contributed by atoms with van der Waals surface area (Å²) in [5, 5.41) is 13.6. The third-order valence-electron chi connectivity index (χ3n) is 5.66. The normalized spacial score (nSPS) is 14.7. The molecule has 0 N–H and O–H groups in total. The number of nitrogens with zero attached hydrogens (tertiary/aromatic N) is 4. The summed E-state index contributed by atoms with van der Waals surface area (Å²) in [6.45, 7) is 1.82. The fourth-order valence-corrected chi connectivity index (χ4v) is 4.09. The number of carbonyl (C=O) groups excluding carboxylic acids is 1. The second-order valence-corrected chi connectivity index (χ2v) is 7.85. The Labute approximate surface area is 197 Å². The number of fused-ring (bicyclic) bond motifs is 2. The first-order valence-electron chi connectivity index (χ1n) is 10.8. The predicted molar refractivity (Wildman–Crippen MR) is 119 cm³/mol. The summed E-state index contributed by atoms with van der Waals surface area (Å²) in [6, 6.07) is 12.8. The summed E-state index contributed by atoms with van der Waals surface area (Å²) >= 11 is 0. The van der Waals surface area contributed by atoms with Gasteiger partial charge in [-0.1, -0.05) is 12.1 Å². The number of hydrogen-bond acceptors (Lipinski definition) is 7. The van der Waals surface area contributed by atoms with E-state index in [9.17, 15) is 23.6 Å². The Kier molecular flexibility index (Phi) is 5.36. The van der Waals surface area contributed by atoms with Crippen molar-refractivity contribution in [2.24, 2.45) is 0 Å². The van der Waals surface area contributed by atoms with Crippen molar-refractivity contribution in [2.75, 3.05) is 18.1 Å². The Bertz CT molecular complexity index is 1450. The highest BCUT2D eigenvalue weighted by Crippen LogP contribution is 2.43. The lowest BCUT2D eigenvalue weighted by molar-refractivity contribution is -0.286. The van der Waals surface area contributed by atoms with Crippen LogP contribution in [0.25, 0.3) is 11.3 Å². The molecule has 2 aliphatic rings. The topological polar surface area (TPSA) is 107 Å². The molecule has 0 atom stereocenters. The number of likely N-dealkylation sites (N-methyl/N-ethyl adjacent to an activating group) is 1. The van der Waals surface area contributed by atoms with E-state index in [1.807, 2.05) is 0 Å². The summed E-state index contributed by atoms with van der Waals surface area (Å²) in [5.41, 5.74) is 1.60. The highest BCUT2D eigenvalue weighted by Gasteiger charge is 2.43. The van der Waals surface area contributed by atoms with E-state index in [4.69, 9.17) is 4.74 Å². The Morgan fingerprint density at radius 2 is 2.03 bits per heavy atom. The zero-order valence-corrected chi connectivity index (χ0v) is 18.5. The van der Waals surface area contributed by atoms with Gasteiger partial charge in [-0.15, -0.1) is 8.78 Å². The van der Waals surface area contributed by atoms with E-state index in [-0.39, 0.29) is 18.0 Å². The molecule has 5 rings (SSSR count). The number of ether oxygens (including phenoxy) is 3. The molecule has 2 aromatic carbocycles. The molecule has 178 valence electrons. The van der Waals surface area contributed by atoms with Crippen LogP contribution in [0.3, 0.4) is 0 Å². The molecular formula is C24H18F2N4O5. The van der Waals surface area contributed by atoms with Crippen LogP contribution in [0, 0.1) is 11.3 Å². The van der Waals surface area contributed by atoms with Crippen molar-refractivity contribution in [3.8, 4) is 34.6 Å². The zero-order chi connectivity index (χ0) is 24.7. The third kappa shape index (κ3) is 4.03. The van der Waals surface area contributed by atoms with Gasteiger partial charge in [0.15, 0.2) is 17.2 Å². The molecule has 0 unspecified atom stereocenters. The van der Waals surface area contributed by atoms with Crippen molar-refractivity contribution in [2.45, 2.75) is 26.2 Å². The number of benzene rings is 2. The van der Waals surface area contributed by atoms with Crippen LogP contribution in [0.15, 0.2) is 47.3 Å². The molecule has 1 amide bonds. The van der Waals surface area contributed by atoms with Crippen molar-refractivity contribution < 1.29 is 27.8 Å². The average Bonchev–Trinajstić information content (AvgIpc) is 3.44. The summed E-state index contributed by atoms with van der Waals surface area (Å²) in [6.07, 6.45) is -3.41. The van der Waals surface area contributed by atoms with Crippen LogP contribution in [0.4, 0.5) is 14.5 Å². The first-order valence-corrected chi connectivity index (χ1v) is 10.8. The predicted octanol–water partition coefficient (Wildman–Crippen LogP) is 3.09.